The number of nitrogens with zero attached hydrogens (tertiary/aromatic N) is 2. The van der Waals surface area contributed by atoms with Crippen LogP contribution in [-0.2, 0) is 6.42 Å². The molecule has 0 spiro atoms. The second-order valence-corrected chi connectivity index (χ2v) is 5.21. The Labute approximate surface area is 124 Å². The molecule has 0 aliphatic carbocycles. The molecule has 1 unspecified atom stereocenters. The van der Waals surface area contributed by atoms with Crippen LogP contribution in [0, 0.1) is 6.92 Å². The highest BCUT2D eigenvalue weighted by Crippen LogP contribution is 2.22. The highest BCUT2D eigenvalue weighted by Gasteiger charge is 2.19. The number of ether oxygens (including phenoxy) is 1. The Balaban J connectivity index is 1.73. The fourth-order valence-corrected chi connectivity index (χ4v) is 2.69. The van der Waals surface area contributed by atoms with Crippen molar-refractivity contribution in [1.29, 1.82) is 0 Å². The molecule has 0 radical (unpaired) electrons. The number of hydrogen-bond donors (Lipinski definition) is 2. The molecule has 1 atom stereocenters. The Hall–Kier alpha value is -2.14. The number of aryl methyl sites for hydroxylation is 1. The van der Waals surface area contributed by atoms with Crippen LogP contribution in [0.2, 0.25) is 0 Å². The zero-order chi connectivity index (χ0) is 14.7. The van der Waals surface area contributed by atoms with Crippen LogP contribution in [0.3, 0.4) is 0 Å². The van der Waals surface area contributed by atoms with Gasteiger partial charge in [-0.05, 0) is 31.0 Å². The zero-order valence-electron chi connectivity index (χ0n) is 12.4. The van der Waals surface area contributed by atoms with E-state index in [0.29, 0.717) is 11.8 Å². The fourth-order valence-electron chi connectivity index (χ4n) is 2.69. The third-order valence-electron chi connectivity index (χ3n) is 3.72. The smallest absolute Gasteiger partial charge is 0.226 e. The Kier molecular flexibility index (Phi) is 4.01. The molecule has 1 aromatic carbocycles. The van der Waals surface area contributed by atoms with Crippen molar-refractivity contribution in [3.8, 4) is 5.88 Å². The van der Waals surface area contributed by atoms with E-state index in [9.17, 15) is 0 Å². The van der Waals surface area contributed by atoms with Gasteiger partial charge in [0.15, 0.2) is 0 Å². The lowest BCUT2D eigenvalue weighted by Crippen LogP contribution is -2.34. The SMILES string of the molecule is COc1cc(C)nc(NCC2NCCc3ccccc32)n1. The number of methoxy groups -OCH3 is 1. The van der Waals surface area contributed by atoms with Crippen LogP contribution in [-0.4, -0.2) is 30.2 Å². The van der Waals surface area contributed by atoms with Gasteiger partial charge in [0.05, 0.1) is 7.11 Å². The molecular formula is C16H20N4O. The standard InChI is InChI=1S/C16H20N4O/c1-11-9-15(21-2)20-16(19-11)18-10-14-13-6-4-3-5-12(13)7-8-17-14/h3-6,9,14,17H,7-8,10H2,1-2H3,(H,18,19,20). The van der Waals surface area contributed by atoms with Gasteiger partial charge in [-0.25, -0.2) is 4.98 Å². The first kappa shape index (κ1) is 13.8. The maximum Gasteiger partial charge on any atom is 0.226 e. The molecular weight excluding hydrogens is 264 g/mol. The minimum Gasteiger partial charge on any atom is -0.481 e. The molecule has 5 nitrogen and oxygen atoms in total. The molecule has 1 aliphatic rings. The Morgan fingerprint density at radius 1 is 1.33 bits per heavy atom. The second-order valence-electron chi connectivity index (χ2n) is 5.21. The van der Waals surface area contributed by atoms with Crippen LogP contribution in [0.4, 0.5) is 5.95 Å². The summed E-state index contributed by atoms with van der Waals surface area (Å²) in [6.07, 6.45) is 1.08. The average Bonchev–Trinajstić information content (AvgIpc) is 2.52. The van der Waals surface area contributed by atoms with Gasteiger partial charge in [-0.3, -0.25) is 0 Å². The summed E-state index contributed by atoms with van der Waals surface area (Å²) in [5.74, 6) is 1.19. The van der Waals surface area contributed by atoms with Crippen LogP contribution in [0.25, 0.3) is 0 Å². The molecule has 5 heteroatoms. The van der Waals surface area contributed by atoms with Gasteiger partial charge in [-0.15, -0.1) is 0 Å². The summed E-state index contributed by atoms with van der Waals surface area (Å²) in [6, 6.07) is 10.7. The maximum absolute atomic E-state index is 5.18. The van der Waals surface area contributed by atoms with Crippen molar-refractivity contribution in [2.45, 2.75) is 19.4 Å². The highest BCUT2D eigenvalue weighted by molar-refractivity contribution is 5.36. The lowest BCUT2D eigenvalue weighted by atomic mass is 9.94. The van der Waals surface area contributed by atoms with Gasteiger partial charge in [-0.1, -0.05) is 24.3 Å². The summed E-state index contributed by atoms with van der Waals surface area (Å²) in [6.45, 7) is 3.69. The van der Waals surface area contributed by atoms with Crippen LogP contribution in [0.5, 0.6) is 5.88 Å². The molecule has 0 fully saturated rings. The highest BCUT2D eigenvalue weighted by atomic mass is 16.5. The van der Waals surface area contributed by atoms with Crippen molar-refractivity contribution in [1.82, 2.24) is 15.3 Å². The fraction of sp³-hybridized carbons (Fsp3) is 0.375. The monoisotopic (exact) mass is 284 g/mol. The molecule has 1 aromatic heterocycles. The Morgan fingerprint density at radius 2 is 2.19 bits per heavy atom. The van der Waals surface area contributed by atoms with E-state index < -0.39 is 0 Å². The molecule has 3 rings (SSSR count). The van der Waals surface area contributed by atoms with Gasteiger partial charge in [-0.2, -0.15) is 4.98 Å². The molecule has 0 amide bonds. The third-order valence-corrected chi connectivity index (χ3v) is 3.72. The van der Waals surface area contributed by atoms with Gasteiger partial charge in [0, 0.05) is 24.3 Å². The summed E-state index contributed by atoms with van der Waals surface area (Å²) in [5, 5.41) is 6.85. The largest absolute Gasteiger partial charge is 0.481 e. The number of nitrogens with one attached hydrogen (secondary N) is 2. The van der Waals surface area contributed by atoms with Crippen molar-refractivity contribution in [3.05, 3.63) is 47.2 Å². The number of rotatable bonds is 4. The van der Waals surface area contributed by atoms with Crippen molar-refractivity contribution < 1.29 is 4.74 Å². The first-order valence-corrected chi connectivity index (χ1v) is 7.21. The maximum atomic E-state index is 5.18. The Morgan fingerprint density at radius 3 is 3.05 bits per heavy atom. The minimum absolute atomic E-state index is 0.282. The number of anilines is 1. The van der Waals surface area contributed by atoms with Crippen LogP contribution in [0.1, 0.15) is 22.9 Å². The lowest BCUT2D eigenvalue weighted by Gasteiger charge is -2.27. The predicted octanol–water partition coefficient (Wildman–Crippen LogP) is 2.09. The van der Waals surface area contributed by atoms with E-state index in [1.165, 1.54) is 11.1 Å². The number of benzene rings is 1. The lowest BCUT2D eigenvalue weighted by molar-refractivity contribution is 0.397. The summed E-state index contributed by atoms with van der Waals surface area (Å²) in [7, 11) is 1.62. The Bertz CT molecular complexity index is 629. The molecule has 2 aromatic rings. The number of fused-ring (bicyclic) bond motifs is 1. The normalized spacial score (nSPS) is 17.1. The van der Waals surface area contributed by atoms with Gasteiger partial charge in [0.25, 0.3) is 0 Å². The van der Waals surface area contributed by atoms with E-state index in [-0.39, 0.29) is 6.04 Å². The average molecular weight is 284 g/mol. The van der Waals surface area contributed by atoms with Gasteiger partial charge in [0.2, 0.25) is 11.8 Å². The van der Waals surface area contributed by atoms with Gasteiger partial charge in [0.1, 0.15) is 0 Å². The molecule has 1 aliphatic heterocycles. The number of aromatic nitrogens is 2. The van der Waals surface area contributed by atoms with Crippen LogP contribution < -0.4 is 15.4 Å². The summed E-state index contributed by atoms with van der Waals surface area (Å²) >= 11 is 0. The molecule has 110 valence electrons. The van der Waals surface area contributed by atoms with Crippen molar-refractivity contribution >= 4 is 5.95 Å². The molecule has 21 heavy (non-hydrogen) atoms. The first-order valence-electron chi connectivity index (χ1n) is 7.21. The van der Waals surface area contributed by atoms with E-state index in [2.05, 4.69) is 44.9 Å². The van der Waals surface area contributed by atoms with Gasteiger partial charge < -0.3 is 15.4 Å². The van der Waals surface area contributed by atoms with Crippen molar-refractivity contribution in [3.63, 3.8) is 0 Å². The zero-order valence-corrected chi connectivity index (χ0v) is 12.4. The first-order chi connectivity index (χ1) is 10.3. The van der Waals surface area contributed by atoms with E-state index >= 15 is 0 Å². The third kappa shape index (κ3) is 3.13. The quantitative estimate of drug-likeness (QED) is 0.900. The van der Waals surface area contributed by atoms with E-state index in [0.717, 1.165) is 25.2 Å². The predicted molar refractivity (Wildman–Crippen MR) is 82.7 cm³/mol. The second kappa shape index (κ2) is 6.10. The summed E-state index contributed by atoms with van der Waals surface area (Å²) in [5.41, 5.74) is 3.67. The topological polar surface area (TPSA) is 59.1 Å². The van der Waals surface area contributed by atoms with E-state index in [1.54, 1.807) is 7.11 Å². The molecule has 0 saturated heterocycles. The van der Waals surface area contributed by atoms with Gasteiger partial charge >= 0.3 is 0 Å². The van der Waals surface area contributed by atoms with E-state index in [4.69, 9.17) is 4.74 Å². The molecule has 2 N–H and O–H groups in total. The van der Waals surface area contributed by atoms with Crippen molar-refractivity contribution in [2.24, 2.45) is 0 Å². The van der Waals surface area contributed by atoms with Crippen molar-refractivity contribution in [2.75, 3.05) is 25.5 Å². The minimum atomic E-state index is 0.282. The summed E-state index contributed by atoms with van der Waals surface area (Å²) in [4.78, 5) is 8.71. The van der Waals surface area contributed by atoms with Crippen LogP contribution in [0.15, 0.2) is 30.3 Å². The van der Waals surface area contributed by atoms with E-state index in [1.807, 2.05) is 13.0 Å². The molecule has 0 bridgehead atoms. The summed E-state index contributed by atoms with van der Waals surface area (Å²) < 4.78 is 5.18. The van der Waals surface area contributed by atoms with Crippen LogP contribution >= 0.6 is 0 Å². The molecule has 0 saturated carbocycles. The number of hydrogen-bond acceptors (Lipinski definition) is 5. The molecule has 2 heterocycles.